The highest BCUT2D eigenvalue weighted by atomic mass is 19.1. The molecule has 11 heteroatoms. The molecule has 3 aliphatic heterocycles. The van der Waals surface area contributed by atoms with E-state index in [2.05, 4.69) is 30.4 Å². The molecule has 10 nitrogen and oxygen atoms in total. The molecule has 4 heterocycles. The molecule has 3 fully saturated rings. The van der Waals surface area contributed by atoms with Gasteiger partial charge in [0, 0.05) is 57.9 Å². The molecule has 1 atom stereocenters. The van der Waals surface area contributed by atoms with Gasteiger partial charge in [0.2, 0.25) is 5.91 Å². The van der Waals surface area contributed by atoms with Crippen molar-refractivity contribution in [1.82, 2.24) is 30.4 Å². The van der Waals surface area contributed by atoms with E-state index < -0.39 is 5.41 Å². The molecule has 182 valence electrons. The predicted octanol–water partition coefficient (Wildman–Crippen LogP) is 1.02. The van der Waals surface area contributed by atoms with E-state index >= 15 is 0 Å². The molecule has 3 saturated heterocycles. The molecule has 1 unspecified atom stereocenters. The maximum Gasteiger partial charge on any atom is 0.312 e. The van der Waals surface area contributed by atoms with Crippen LogP contribution in [0.3, 0.4) is 0 Å². The van der Waals surface area contributed by atoms with Gasteiger partial charge >= 0.3 is 5.97 Å². The van der Waals surface area contributed by atoms with Crippen LogP contribution in [0.1, 0.15) is 31.5 Å². The molecular weight excluding hydrogens is 441 g/mol. The third-order valence-electron chi connectivity index (χ3n) is 7.43. The van der Waals surface area contributed by atoms with Crippen molar-refractivity contribution in [3.05, 3.63) is 35.9 Å². The van der Waals surface area contributed by atoms with Crippen LogP contribution in [0.4, 0.5) is 10.1 Å². The summed E-state index contributed by atoms with van der Waals surface area (Å²) in [7, 11) is 0. The van der Waals surface area contributed by atoms with Crippen molar-refractivity contribution in [2.75, 3.05) is 50.7 Å². The number of piperazine rings is 1. The number of hydrogen-bond donors (Lipinski definition) is 1. The molecule has 2 aromatic rings. The number of carbonyl (C=O) groups is 2. The standard InChI is InChI=1S/C23H30FN7O3/c24-17-1-3-18(4-2-17)30-13-11-29(12-14-30)8-5-19-16-23(22(33)34-19)6-9-31(10-7-23)21(32)15-20-25-27-28-26-20/h1-4,19H,5-16H2,(H,25,26,27,28). The van der Waals surface area contributed by atoms with Crippen molar-refractivity contribution >= 4 is 17.6 Å². The van der Waals surface area contributed by atoms with Crippen LogP contribution in [0.2, 0.25) is 0 Å². The first-order valence-electron chi connectivity index (χ1n) is 11.9. The first kappa shape index (κ1) is 22.7. The molecule has 34 heavy (non-hydrogen) atoms. The monoisotopic (exact) mass is 471 g/mol. The number of ether oxygens (including phenoxy) is 1. The Morgan fingerprint density at radius 1 is 1.12 bits per heavy atom. The third-order valence-corrected chi connectivity index (χ3v) is 7.43. The topological polar surface area (TPSA) is 108 Å². The summed E-state index contributed by atoms with van der Waals surface area (Å²) < 4.78 is 18.9. The average molecular weight is 472 g/mol. The van der Waals surface area contributed by atoms with Gasteiger partial charge in [-0.2, -0.15) is 5.21 Å². The molecule has 0 aliphatic carbocycles. The van der Waals surface area contributed by atoms with Crippen molar-refractivity contribution in [1.29, 1.82) is 0 Å². The predicted molar refractivity (Wildman–Crippen MR) is 120 cm³/mol. The molecule has 1 aromatic carbocycles. The van der Waals surface area contributed by atoms with Gasteiger partial charge in [0.05, 0.1) is 11.8 Å². The van der Waals surface area contributed by atoms with Gasteiger partial charge in [-0.05, 0) is 43.5 Å². The van der Waals surface area contributed by atoms with E-state index in [0.29, 0.717) is 31.8 Å². The Balaban J connectivity index is 1.05. The number of aromatic amines is 1. The smallest absolute Gasteiger partial charge is 0.312 e. The van der Waals surface area contributed by atoms with Gasteiger partial charge in [-0.3, -0.25) is 14.5 Å². The Morgan fingerprint density at radius 2 is 1.85 bits per heavy atom. The number of aromatic nitrogens is 4. The number of rotatable bonds is 6. The summed E-state index contributed by atoms with van der Waals surface area (Å²) in [5, 5.41) is 13.5. The Bertz CT molecular complexity index is 985. The number of nitrogens with zero attached hydrogens (tertiary/aromatic N) is 6. The van der Waals surface area contributed by atoms with Gasteiger partial charge in [0.15, 0.2) is 5.82 Å². The quantitative estimate of drug-likeness (QED) is 0.623. The van der Waals surface area contributed by atoms with E-state index in [9.17, 15) is 14.0 Å². The number of benzene rings is 1. The van der Waals surface area contributed by atoms with Gasteiger partial charge in [-0.15, -0.1) is 10.2 Å². The Labute approximate surface area is 197 Å². The maximum atomic E-state index is 13.2. The SMILES string of the molecule is O=C(Cc1nn[nH]n1)N1CCC2(CC1)CC(CCN1CCN(c3ccc(F)cc3)CC1)OC2=O. The molecule has 1 amide bonds. The molecule has 1 spiro atoms. The zero-order valence-electron chi connectivity index (χ0n) is 19.2. The largest absolute Gasteiger partial charge is 0.462 e. The number of halogens is 1. The van der Waals surface area contributed by atoms with Crippen LogP contribution in [0.15, 0.2) is 24.3 Å². The minimum Gasteiger partial charge on any atom is -0.462 e. The normalized spacial score (nSPS) is 22.9. The number of H-pyrrole nitrogens is 1. The second kappa shape index (κ2) is 9.65. The van der Waals surface area contributed by atoms with E-state index in [-0.39, 0.29) is 30.2 Å². The Morgan fingerprint density at radius 3 is 2.53 bits per heavy atom. The van der Waals surface area contributed by atoms with E-state index in [1.807, 2.05) is 12.1 Å². The zero-order chi connectivity index (χ0) is 23.5. The van der Waals surface area contributed by atoms with Gasteiger partial charge < -0.3 is 14.5 Å². The van der Waals surface area contributed by atoms with Crippen LogP contribution in [-0.2, 0) is 20.7 Å². The van der Waals surface area contributed by atoms with Gasteiger partial charge in [-0.1, -0.05) is 5.21 Å². The lowest BCUT2D eigenvalue weighted by molar-refractivity contribution is -0.152. The zero-order valence-corrected chi connectivity index (χ0v) is 19.2. The van der Waals surface area contributed by atoms with Crippen molar-refractivity contribution in [2.45, 2.75) is 38.2 Å². The average Bonchev–Trinajstić information content (AvgIpc) is 3.47. The number of esters is 1. The first-order valence-corrected chi connectivity index (χ1v) is 11.9. The highest BCUT2D eigenvalue weighted by molar-refractivity contribution is 5.81. The number of carbonyl (C=O) groups excluding carboxylic acids is 2. The summed E-state index contributed by atoms with van der Waals surface area (Å²) >= 11 is 0. The molecular formula is C23H30FN7O3. The number of hydrogen-bond acceptors (Lipinski definition) is 8. The Hall–Kier alpha value is -3.08. The second-order valence-corrected chi connectivity index (χ2v) is 9.49. The summed E-state index contributed by atoms with van der Waals surface area (Å²) in [6.45, 7) is 5.64. The van der Waals surface area contributed by atoms with Gasteiger partial charge in [0.1, 0.15) is 11.9 Å². The lowest BCUT2D eigenvalue weighted by Gasteiger charge is -2.37. The van der Waals surface area contributed by atoms with Crippen LogP contribution in [-0.4, -0.2) is 94.2 Å². The molecule has 0 radical (unpaired) electrons. The fraction of sp³-hybridized carbons (Fsp3) is 0.609. The summed E-state index contributed by atoms with van der Waals surface area (Å²) in [5.41, 5.74) is 0.587. The fourth-order valence-electron chi connectivity index (χ4n) is 5.30. The first-order chi connectivity index (χ1) is 16.5. The molecule has 0 bridgehead atoms. The molecule has 3 aliphatic rings. The van der Waals surface area contributed by atoms with Gasteiger partial charge in [-0.25, -0.2) is 4.39 Å². The van der Waals surface area contributed by atoms with Crippen molar-refractivity contribution in [3.8, 4) is 0 Å². The van der Waals surface area contributed by atoms with Crippen LogP contribution in [0.25, 0.3) is 0 Å². The molecule has 0 saturated carbocycles. The second-order valence-electron chi connectivity index (χ2n) is 9.49. The lowest BCUT2D eigenvalue weighted by atomic mass is 9.75. The van der Waals surface area contributed by atoms with Crippen LogP contribution in [0, 0.1) is 11.2 Å². The number of amides is 1. The van der Waals surface area contributed by atoms with Gasteiger partial charge in [0.25, 0.3) is 0 Å². The molecule has 1 N–H and O–H groups in total. The number of nitrogens with one attached hydrogen (secondary N) is 1. The van der Waals surface area contributed by atoms with Crippen LogP contribution < -0.4 is 4.90 Å². The maximum absolute atomic E-state index is 13.2. The van der Waals surface area contributed by atoms with Crippen molar-refractivity contribution in [2.24, 2.45) is 5.41 Å². The number of cyclic esters (lactones) is 1. The summed E-state index contributed by atoms with van der Waals surface area (Å²) in [5.74, 6) is 0.0133. The lowest BCUT2D eigenvalue weighted by Crippen LogP contribution is -2.47. The minimum absolute atomic E-state index is 0.0426. The number of piperidine rings is 1. The highest BCUT2D eigenvalue weighted by Gasteiger charge is 2.50. The number of likely N-dealkylation sites (tertiary alicyclic amines) is 1. The Kier molecular flexibility index (Phi) is 6.44. The van der Waals surface area contributed by atoms with E-state index in [4.69, 9.17) is 4.74 Å². The number of anilines is 1. The fourth-order valence-corrected chi connectivity index (χ4v) is 5.30. The van der Waals surface area contributed by atoms with Crippen molar-refractivity contribution in [3.63, 3.8) is 0 Å². The van der Waals surface area contributed by atoms with Crippen molar-refractivity contribution < 1.29 is 18.7 Å². The summed E-state index contributed by atoms with van der Waals surface area (Å²) in [6, 6.07) is 6.65. The van der Waals surface area contributed by atoms with E-state index in [0.717, 1.165) is 51.3 Å². The minimum atomic E-state index is -0.463. The number of tetrazole rings is 1. The molecule has 5 rings (SSSR count). The van der Waals surface area contributed by atoms with Crippen LogP contribution in [0.5, 0.6) is 0 Å². The summed E-state index contributed by atoms with van der Waals surface area (Å²) in [4.78, 5) is 31.7. The highest BCUT2D eigenvalue weighted by Crippen LogP contribution is 2.44. The van der Waals surface area contributed by atoms with E-state index in [1.165, 1.54) is 12.1 Å². The van der Waals surface area contributed by atoms with Crippen LogP contribution >= 0.6 is 0 Å². The van der Waals surface area contributed by atoms with E-state index in [1.54, 1.807) is 4.90 Å². The molecule has 1 aromatic heterocycles. The summed E-state index contributed by atoms with van der Waals surface area (Å²) in [6.07, 6.45) is 2.88. The third kappa shape index (κ3) is 4.89.